The van der Waals surface area contributed by atoms with Crippen LogP contribution in [0.1, 0.15) is 33.2 Å². The van der Waals surface area contributed by atoms with Gasteiger partial charge < -0.3 is 0 Å². The first-order valence-electron chi connectivity index (χ1n) is 9.49. The van der Waals surface area contributed by atoms with Crippen LogP contribution in [0.3, 0.4) is 0 Å². The minimum atomic E-state index is -4.06. The Balaban J connectivity index is 1.74. The number of aromatic nitrogens is 2. The van der Waals surface area contributed by atoms with Crippen LogP contribution in [0.5, 0.6) is 0 Å². The fraction of sp³-hybridized carbons (Fsp3) is 0.0870. The van der Waals surface area contributed by atoms with Crippen molar-refractivity contribution in [3.63, 3.8) is 0 Å². The topological polar surface area (TPSA) is 86.1 Å². The molecule has 0 aliphatic carbocycles. The van der Waals surface area contributed by atoms with Crippen molar-refractivity contribution in [3.05, 3.63) is 93.6 Å². The Morgan fingerprint density at radius 2 is 1.66 bits per heavy atom. The maximum atomic E-state index is 13.2. The van der Waals surface area contributed by atoms with Crippen molar-refractivity contribution in [1.82, 2.24) is 9.19 Å². The fourth-order valence-corrected chi connectivity index (χ4v) is 5.28. The van der Waals surface area contributed by atoms with Gasteiger partial charge in [-0.05, 0) is 42.8 Å². The molecule has 9 heteroatoms. The molecule has 162 valence electrons. The van der Waals surface area contributed by atoms with E-state index in [-0.39, 0.29) is 44.1 Å². The van der Waals surface area contributed by atoms with Gasteiger partial charge in [-0.15, -0.1) is 0 Å². The van der Waals surface area contributed by atoms with Gasteiger partial charge in [0.05, 0.1) is 32.2 Å². The number of carbonyl (C=O) groups excluding carboxylic acids is 2. The molecule has 1 aromatic heterocycles. The second-order valence-corrected chi connectivity index (χ2v) is 9.75. The number of hydrogen-bond donors (Lipinski definition) is 0. The van der Waals surface area contributed by atoms with Crippen LogP contribution in [0.25, 0.3) is 10.9 Å². The van der Waals surface area contributed by atoms with Crippen molar-refractivity contribution < 1.29 is 18.0 Å². The van der Waals surface area contributed by atoms with Crippen LogP contribution in [0.2, 0.25) is 10.0 Å². The molecule has 0 saturated heterocycles. The Labute approximate surface area is 194 Å². The largest absolute Gasteiger partial charge is 0.295 e. The summed E-state index contributed by atoms with van der Waals surface area (Å²) in [5.74, 6) is -0.533. The molecule has 0 N–H and O–H groups in total. The van der Waals surface area contributed by atoms with Gasteiger partial charge in [0.1, 0.15) is 0 Å². The van der Waals surface area contributed by atoms with E-state index in [1.807, 2.05) is 0 Å². The molecule has 0 unspecified atom stereocenters. The fourth-order valence-electron chi connectivity index (χ4n) is 3.36. The number of fused-ring (bicyclic) bond motifs is 1. The molecule has 0 bridgehead atoms. The minimum Gasteiger partial charge on any atom is -0.295 e. The molecule has 3 aromatic carbocycles. The molecule has 0 aliphatic heterocycles. The highest BCUT2D eigenvalue weighted by atomic mass is 35.5. The lowest BCUT2D eigenvalue weighted by Crippen LogP contribution is -2.15. The predicted octanol–water partition coefficient (Wildman–Crippen LogP) is 5.21. The highest BCUT2D eigenvalue weighted by Crippen LogP contribution is 2.27. The lowest BCUT2D eigenvalue weighted by molar-refractivity contribution is 0.0990. The molecule has 0 amide bonds. The summed E-state index contributed by atoms with van der Waals surface area (Å²) in [4.78, 5) is 24.4. The smallest absolute Gasteiger partial charge is 0.283 e. The van der Waals surface area contributed by atoms with Crippen molar-refractivity contribution in [1.29, 1.82) is 0 Å². The van der Waals surface area contributed by atoms with Gasteiger partial charge in [-0.1, -0.05) is 53.5 Å². The first-order valence-corrected chi connectivity index (χ1v) is 11.7. The summed E-state index contributed by atoms with van der Waals surface area (Å²) in [6, 6.07) is 15.6. The van der Waals surface area contributed by atoms with E-state index in [4.69, 9.17) is 23.2 Å². The van der Waals surface area contributed by atoms with Crippen LogP contribution < -0.4 is 0 Å². The molecule has 4 rings (SSSR count). The van der Waals surface area contributed by atoms with Gasteiger partial charge >= 0.3 is 0 Å². The highest BCUT2D eigenvalue weighted by molar-refractivity contribution is 7.90. The zero-order valence-electron chi connectivity index (χ0n) is 16.7. The number of halogens is 2. The SMILES string of the molecule is CC(=O)c1cccc(S(=O)(=O)n2ncc3ccc(CC(=O)c4c(Cl)cccc4Cl)cc32)c1. The maximum Gasteiger partial charge on any atom is 0.283 e. The monoisotopic (exact) mass is 486 g/mol. The van der Waals surface area contributed by atoms with E-state index in [2.05, 4.69) is 5.10 Å². The first-order chi connectivity index (χ1) is 15.2. The predicted molar refractivity (Wildman–Crippen MR) is 123 cm³/mol. The molecule has 4 aromatic rings. The van der Waals surface area contributed by atoms with Crippen LogP contribution in [0.4, 0.5) is 0 Å². The number of hydrogen-bond acceptors (Lipinski definition) is 5. The summed E-state index contributed by atoms with van der Waals surface area (Å²) in [7, 11) is -4.06. The number of ketones is 2. The maximum absolute atomic E-state index is 13.2. The third kappa shape index (κ3) is 4.07. The summed E-state index contributed by atoms with van der Waals surface area (Å²) in [5, 5.41) is 5.13. The van der Waals surface area contributed by atoms with Crippen LogP contribution in [-0.2, 0) is 16.4 Å². The number of benzene rings is 3. The Morgan fingerprint density at radius 3 is 2.34 bits per heavy atom. The van der Waals surface area contributed by atoms with Gasteiger partial charge in [0, 0.05) is 17.4 Å². The van der Waals surface area contributed by atoms with Crippen molar-refractivity contribution in [2.75, 3.05) is 0 Å². The third-order valence-electron chi connectivity index (χ3n) is 4.98. The number of Topliss-reactive ketones (excluding diaryl/α,β-unsaturated/α-hetero) is 2. The molecule has 6 nitrogen and oxygen atoms in total. The quantitative estimate of drug-likeness (QED) is 0.349. The Bertz CT molecular complexity index is 1470. The lowest BCUT2D eigenvalue weighted by Gasteiger charge is -2.09. The molecular weight excluding hydrogens is 471 g/mol. The van der Waals surface area contributed by atoms with Crippen molar-refractivity contribution in [2.45, 2.75) is 18.2 Å². The van der Waals surface area contributed by atoms with E-state index in [1.165, 1.54) is 31.3 Å². The Hall–Kier alpha value is -3.00. The van der Waals surface area contributed by atoms with E-state index in [0.717, 1.165) is 4.09 Å². The molecule has 0 radical (unpaired) electrons. The average molecular weight is 487 g/mol. The van der Waals surface area contributed by atoms with Crippen LogP contribution in [-0.4, -0.2) is 29.2 Å². The van der Waals surface area contributed by atoms with Gasteiger partial charge in [0.15, 0.2) is 11.6 Å². The first kappa shape index (κ1) is 22.2. The van der Waals surface area contributed by atoms with Crippen molar-refractivity contribution >= 4 is 55.7 Å². The zero-order valence-corrected chi connectivity index (χ0v) is 19.1. The van der Waals surface area contributed by atoms with Gasteiger partial charge in [-0.3, -0.25) is 9.59 Å². The molecule has 0 fully saturated rings. The summed E-state index contributed by atoms with van der Waals surface area (Å²) in [6.45, 7) is 1.36. The van der Waals surface area contributed by atoms with Crippen LogP contribution >= 0.6 is 23.2 Å². The van der Waals surface area contributed by atoms with E-state index in [0.29, 0.717) is 16.5 Å². The van der Waals surface area contributed by atoms with Gasteiger partial charge in [-0.25, -0.2) is 0 Å². The summed E-state index contributed by atoms with van der Waals surface area (Å²) >= 11 is 12.3. The van der Waals surface area contributed by atoms with Crippen LogP contribution in [0.15, 0.2) is 71.8 Å². The Morgan fingerprint density at radius 1 is 0.969 bits per heavy atom. The molecule has 0 atom stereocenters. The molecular formula is C23H16Cl2N2O4S. The second kappa shape index (κ2) is 8.50. The second-order valence-electron chi connectivity index (χ2n) is 7.17. The van der Waals surface area contributed by atoms with Gasteiger partial charge in [0.25, 0.3) is 10.0 Å². The van der Waals surface area contributed by atoms with Crippen molar-refractivity contribution in [2.24, 2.45) is 0 Å². The highest BCUT2D eigenvalue weighted by Gasteiger charge is 2.22. The number of nitrogens with zero attached hydrogens (tertiary/aromatic N) is 2. The van der Waals surface area contributed by atoms with Crippen molar-refractivity contribution in [3.8, 4) is 0 Å². The van der Waals surface area contributed by atoms with Gasteiger partial charge in [-0.2, -0.15) is 17.6 Å². The third-order valence-corrected chi connectivity index (χ3v) is 7.20. The van der Waals surface area contributed by atoms with Crippen LogP contribution in [0, 0.1) is 0 Å². The molecule has 0 aliphatic rings. The van der Waals surface area contributed by atoms with E-state index < -0.39 is 10.0 Å². The minimum absolute atomic E-state index is 0.0234. The molecule has 0 spiro atoms. The number of rotatable bonds is 6. The van der Waals surface area contributed by atoms with Gasteiger partial charge in [0.2, 0.25) is 0 Å². The van der Waals surface area contributed by atoms with E-state index in [1.54, 1.807) is 42.5 Å². The standard InChI is InChI=1S/C23H16Cl2N2O4S/c1-14(28)16-4-2-5-18(12-16)32(30,31)27-21-10-15(8-9-17(21)13-26-27)11-22(29)23-19(24)6-3-7-20(23)25/h2-10,12-13H,11H2,1H3. The average Bonchev–Trinajstić information content (AvgIpc) is 3.18. The normalized spacial score (nSPS) is 11.6. The summed E-state index contributed by atoms with van der Waals surface area (Å²) in [6.07, 6.45) is 1.41. The lowest BCUT2D eigenvalue weighted by atomic mass is 10.0. The molecule has 0 saturated carbocycles. The summed E-state index contributed by atoms with van der Waals surface area (Å²) in [5.41, 5.74) is 1.39. The Kier molecular flexibility index (Phi) is 5.90. The summed E-state index contributed by atoms with van der Waals surface area (Å²) < 4.78 is 27.3. The number of carbonyl (C=O) groups is 2. The van der Waals surface area contributed by atoms with E-state index >= 15 is 0 Å². The zero-order chi connectivity index (χ0) is 23.0. The molecule has 32 heavy (non-hydrogen) atoms. The van der Waals surface area contributed by atoms with E-state index in [9.17, 15) is 18.0 Å². The molecule has 1 heterocycles.